The molecule has 6 heteroatoms. The molecule has 6 nitrogen and oxygen atoms in total. The predicted molar refractivity (Wildman–Crippen MR) is 114 cm³/mol. The van der Waals surface area contributed by atoms with Crippen LogP contribution in [0.2, 0.25) is 0 Å². The minimum Gasteiger partial charge on any atom is -0.492 e. The first-order chi connectivity index (χ1) is 14.2. The highest BCUT2D eigenvalue weighted by molar-refractivity contribution is 5.78. The van der Waals surface area contributed by atoms with E-state index in [1.165, 1.54) is 12.8 Å². The highest BCUT2D eigenvalue weighted by Gasteiger charge is 2.45. The number of benzene rings is 2. The number of para-hydroxylation sites is 3. The third-order valence-electron chi connectivity index (χ3n) is 5.92. The number of hydrogen-bond acceptors (Lipinski definition) is 5. The zero-order valence-electron chi connectivity index (χ0n) is 16.7. The average Bonchev–Trinajstić information content (AvgIpc) is 3.47. The summed E-state index contributed by atoms with van der Waals surface area (Å²) in [6, 6.07) is 15.3. The lowest BCUT2D eigenvalue weighted by Gasteiger charge is -2.34. The van der Waals surface area contributed by atoms with Gasteiger partial charge < -0.3 is 10.1 Å². The highest BCUT2D eigenvalue weighted by atomic mass is 16.5. The van der Waals surface area contributed by atoms with Gasteiger partial charge in [0.05, 0.1) is 29.7 Å². The Labute approximate surface area is 170 Å². The summed E-state index contributed by atoms with van der Waals surface area (Å²) >= 11 is 0. The second-order valence-corrected chi connectivity index (χ2v) is 8.00. The molecule has 1 aliphatic heterocycles. The fraction of sp³-hybridized carbons (Fsp3) is 0.391. The molecule has 0 radical (unpaired) electrons. The highest BCUT2D eigenvalue weighted by Crippen LogP contribution is 2.37. The van der Waals surface area contributed by atoms with Crippen LogP contribution < -0.4 is 15.6 Å². The molecule has 3 aromatic rings. The maximum Gasteiger partial charge on any atom is 0.266 e. The van der Waals surface area contributed by atoms with Gasteiger partial charge in [0.15, 0.2) is 0 Å². The molecule has 29 heavy (non-hydrogen) atoms. The normalized spacial score (nSPS) is 18.2. The molecule has 0 atom stereocenters. The number of aromatic nitrogens is 2. The maximum absolute atomic E-state index is 13.5. The van der Waals surface area contributed by atoms with Gasteiger partial charge in [0, 0.05) is 25.2 Å². The van der Waals surface area contributed by atoms with Gasteiger partial charge in [-0.3, -0.25) is 14.3 Å². The van der Waals surface area contributed by atoms with Crippen LogP contribution in [0.1, 0.15) is 25.6 Å². The smallest absolute Gasteiger partial charge is 0.266 e. The third-order valence-corrected chi connectivity index (χ3v) is 5.92. The molecule has 0 bridgehead atoms. The molecular weight excluding hydrogens is 364 g/mol. The zero-order chi connectivity index (χ0) is 19.8. The van der Waals surface area contributed by atoms with Gasteiger partial charge in [0.2, 0.25) is 0 Å². The van der Waals surface area contributed by atoms with E-state index < -0.39 is 0 Å². The summed E-state index contributed by atoms with van der Waals surface area (Å²) in [7, 11) is 0. The van der Waals surface area contributed by atoms with Crippen LogP contribution in [-0.2, 0) is 6.54 Å². The number of fused-ring (bicyclic) bond motifs is 1. The summed E-state index contributed by atoms with van der Waals surface area (Å²) in [5, 5.41) is 4.27. The van der Waals surface area contributed by atoms with E-state index in [2.05, 4.69) is 10.2 Å². The lowest BCUT2D eigenvalue weighted by molar-refractivity contribution is 0.177. The van der Waals surface area contributed by atoms with Gasteiger partial charge in [-0.2, -0.15) is 0 Å². The van der Waals surface area contributed by atoms with Gasteiger partial charge in [-0.05, 0) is 44.0 Å². The second kappa shape index (κ2) is 7.28. The van der Waals surface area contributed by atoms with Crippen molar-refractivity contribution in [1.29, 1.82) is 0 Å². The summed E-state index contributed by atoms with van der Waals surface area (Å²) in [6.07, 6.45) is 2.46. The molecule has 2 fully saturated rings. The van der Waals surface area contributed by atoms with E-state index in [9.17, 15) is 4.79 Å². The quantitative estimate of drug-likeness (QED) is 0.726. The molecule has 1 saturated heterocycles. The van der Waals surface area contributed by atoms with E-state index in [4.69, 9.17) is 9.72 Å². The minimum atomic E-state index is -0.0472. The van der Waals surface area contributed by atoms with Crippen LogP contribution in [0.15, 0.2) is 53.3 Å². The minimum absolute atomic E-state index is 0.0472. The number of ether oxygens (including phenoxy) is 1. The van der Waals surface area contributed by atoms with Crippen LogP contribution in [0.25, 0.3) is 16.6 Å². The van der Waals surface area contributed by atoms with E-state index in [0.717, 1.165) is 36.7 Å². The van der Waals surface area contributed by atoms with Crippen molar-refractivity contribution in [2.75, 3.05) is 26.2 Å². The Bertz CT molecular complexity index is 1100. The Kier molecular flexibility index (Phi) is 4.60. The molecule has 0 unspecified atom stereocenters. The fourth-order valence-electron chi connectivity index (χ4n) is 4.32. The first kappa shape index (κ1) is 18.3. The number of rotatable bonds is 5. The molecular formula is C23H26N4O2. The molecule has 1 spiro atoms. The van der Waals surface area contributed by atoms with Gasteiger partial charge in [-0.15, -0.1) is 0 Å². The van der Waals surface area contributed by atoms with Crippen molar-refractivity contribution >= 4 is 10.9 Å². The van der Waals surface area contributed by atoms with E-state index in [-0.39, 0.29) is 11.1 Å². The molecule has 150 valence electrons. The molecule has 1 aromatic heterocycles. The number of nitrogens with zero attached hydrogens (tertiary/aromatic N) is 3. The summed E-state index contributed by atoms with van der Waals surface area (Å²) < 4.78 is 7.58. The number of piperazine rings is 1. The summed E-state index contributed by atoms with van der Waals surface area (Å²) in [5.74, 6) is 1.47. The molecule has 0 amide bonds. The summed E-state index contributed by atoms with van der Waals surface area (Å²) in [6.45, 7) is 6.08. The average molecular weight is 390 g/mol. The van der Waals surface area contributed by atoms with Crippen molar-refractivity contribution in [2.24, 2.45) is 0 Å². The third kappa shape index (κ3) is 3.43. The van der Waals surface area contributed by atoms with Crippen molar-refractivity contribution in [3.63, 3.8) is 0 Å². The van der Waals surface area contributed by atoms with Crippen LogP contribution in [-0.4, -0.2) is 46.2 Å². The van der Waals surface area contributed by atoms with Crippen LogP contribution in [0.4, 0.5) is 0 Å². The van der Waals surface area contributed by atoms with Crippen LogP contribution in [0.3, 0.4) is 0 Å². The van der Waals surface area contributed by atoms with E-state index in [1.54, 1.807) is 4.57 Å². The van der Waals surface area contributed by atoms with Gasteiger partial charge in [0.25, 0.3) is 5.56 Å². The largest absolute Gasteiger partial charge is 0.492 e. The van der Waals surface area contributed by atoms with Gasteiger partial charge in [-0.1, -0.05) is 24.3 Å². The Hall–Kier alpha value is -2.70. The first-order valence-corrected chi connectivity index (χ1v) is 10.4. The van der Waals surface area contributed by atoms with Gasteiger partial charge in [-0.25, -0.2) is 4.98 Å². The van der Waals surface area contributed by atoms with Crippen LogP contribution in [0.5, 0.6) is 5.75 Å². The monoisotopic (exact) mass is 390 g/mol. The fourth-order valence-corrected chi connectivity index (χ4v) is 4.32. The first-order valence-electron chi connectivity index (χ1n) is 10.4. The number of hydrogen-bond donors (Lipinski definition) is 1. The SMILES string of the molecule is CCOc1ccccc1-n1c(CN2CCNC3(CC3)C2)nc2ccccc2c1=O. The standard InChI is InChI=1S/C23H26N4O2/c1-2-29-20-10-6-5-9-19(20)27-21(15-26-14-13-24-23(16-26)11-12-23)25-18-8-4-3-7-17(18)22(27)28/h3-10,24H,2,11-16H2,1H3. The Morgan fingerprint density at radius 2 is 1.93 bits per heavy atom. The maximum atomic E-state index is 13.5. The van der Waals surface area contributed by atoms with E-state index in [0.29, 0.717) is 24.3 Å². The Morgan fingerprint density at radius 3 is 2.76 bits per heavy atom. The van der Waals surface area contributed by atoms with Crippen LogP contribution >= 0.6 is 0 Å². The van der Waals surface area contributed by atoms with E-state index in [1.807, 2.05) is 55.5 Å². The van der Waals surface area contributed by atoms with Crippen LogP contribution in [0, 0.1) is 0 Å². The zero-order valence-corrected chi connectivity index (χ0v) is 16.7. The number of nitrogens with one attached hydrogen (secondary N) is 1. The molecule has 2 heterocycles. The van der Waals surface area contributed by atoms with Crippen molar-refractivity contribution in [2.45, 2.75) is 31.8 Å². The Morgan fingerprint density at radius 1 is 1.14 bits per heavy atom. The summed E-state index contributed by atoms with van der Waals surface area (Å²) in [4.78, 5) is 20.9. The topological polar surface area (TPSA) is 59.4 Å². The molecule has 1 saturated carbocycles. The van der Waals surface area contributed by atoms with Crippen molar-refractivity contribution in [3.8, 4) is 11.4 Å². The second-order valence-electron chi connectivity index (χ2n) is 8.00. The molecule has 2 aromatic carbocycles. The Balaban J connectivity index is 1.64. The van der Waals surface area contributed by atoms with Gasteiger partial charge in [0.1, 0.15) is 11.6 Å². The molecule has 2 aliphatic rings. The van der Waals surface area contributed by atoms with Gasteiger partial charge >= 0.3 is 0 Å². The van der Waals surface area contributed by atoms with E-state index >= 15 is 0 Å². The predicted octanol–water partition coefficient (Wildman–Crippen LogP) is 2.72. The molecule has 1 N–H and O–H groups in total. The van der Waals surface area contributed by atoms with Crippen molar-refractivity contribution < 1.29 is 4.74 Å². The molecule has 1 aliphatic carbocycles. The van der Waals surface area contributed by atoms with Crippen molar-refractivity contribution in [3.05, 3.63) is 64.7 Å². The van der Waals surface area contributed by atoms with Crippen molar-refractivity contribution in [1.82, 2.24) is 19.8 Å². The lowest BCUT2D eigenvalue weighted by Crippen LogP contribution is -2.52. The lowest BCUT2D eigenvalue weighted by atomic mass is 10.2. The summed E-state index contributed by atoms with van der Waals surface area (Å²) in [5.41, 5.74) is 1.73. The molecule has 5 rings (SSSR count).